The van der Waals surface area contributed by atoms with Crippen LogP contribution in [0.4, 0.5) is 5.69 Å². The summed E-state index contributed by atoms with van der Waals surface area (Å²) in [6.07, 6.45) is 2.54. The third-order valence-electron chi connectivity index (χ3n) is 5.33. The molecule has 0 saturated carbocycles. The van der Waals surface area contributed by atoms with Crippen molar-refractivity contribution < 1.29 is 4.79 Å². The zero-order chi connectivity index (χ0) is 19.2. The van der Waals surface area contributed by atoms with Crippen molar-refractivity contribution in [2.75, 3.05) is 18.0 Å². The van der Waals surface area contributed by atoms with Crippen LogP contribution in [0.2, 0.25) is 0 Å². The van der Waals surface area contributed by atoms with E-state index in [0.717, 1.165) is 29.5 Å². The highest BCUT2D eigenvalue weighted by atomic mass is 32.2. The van der Waals surface area contributed by atoms with Crippen LogP contribution in [0.1, 0.15) is 45.2 Å². The van der Waals surface area contributed by atoms with Gasteiger partial charge in [-0.3, -0.25) is 4.79 Å². The Kier molecular flexibility index (Phi) is 6.84. The molecule has 3 nitrogen and oxygen atoms in total. The molecule has 1 amide bonds. The molecule has 3 rings (SSSR count). The van der Waals surface area contributed by atoms with Gasteiger partial charge in [-0.1, -0.05) is 37.3 Å². The predicted octanol–water partition coefficient (Wildman–Crippen LogP) is 5.28. The second kappa shape index (κ2) is 9.32. The summed E-state index contributed by atoms with van der Waals surface area (Å²) in [5, 5.41) is 3.03. The van der Waals surface area contributed by atoms with E-state index in [0.29, 0.717) is 0 Å². The summed E-state index contributed by atoms with van der Waals surface area (Å²) in [5.41, 5.74) is 2.44. The number of hydrogen-bond acceptors (Lipinski definition) is 3. The van der Waals surface area contributed by atoms with E-state index in [1.165, 1.54) is 18.5 Å². The zero-order valence-corrected chi connectivity index (χ0v) is 17.3. The lowest BCUT2D eigenvalue weighted by Gasteiger charge is -2.32. The fourth-order valence-corrected chi connectivity index (χ4v) is 4.31. The molecule has 1 N–H and O–H groups in total. The number of nitrogens with zero attached hydrogens (tertiary/aromatic N) is 1. The van der Waals surface area contributed by atoms with Gasteiger partial charge in [0.25, 0.3) is 0 Å². The smallest absolute Gasteiger partial charge is 0.233 e. The van der Waals surface area contributed by atoms with E-state index in [1.807, 2.05) is 37.3 Å². The molecule has 1 heterocycles. The molecule has 27 heavy (non-hydrogen) atoms. The molecule has 144 valence electrons. The standard InChI is InChI=1S/C23H30N2OS/c1-17-13-15-25(16-14-17)21-11-9-20(10-12-21)18(2)24-23(26)19(3)27-22-7-5-4-6-8-22/h4-12,17-19H,13-16H2,1-3H3,(H,24,26)/t18-,19-/m1/s1. The molecular formula is C23H30N2OS. The monoisotopic (exact) mass is 382 g/mol. The van der Waals surface area contributed by atoms with Gasteiger partial charge < -0.3 is 10.2 Å². The van der Waals surface area contributed by atoms with Crippen LogP contribution in [0.25, 0.3) is 0 Å². The summed E-state index contributed by atoms with van der Waals surface area (Å²) in [6, 6.07) is 18.8. The number of nitrogens with one attached hydrogen (secondary N) is 1. The summed E-state index contributed by atoms with van der Waals surface area (Å²) in [4.78, 5) is 16.1. The van der Waals surface area contributed by atoms with Crippen LogP contribution < -0.4 is 10.2 Å². The van der Waals surface area contributed by atoms with Crippen LogP contribution in [-0.2, 0) is 4.79 Å². The number of thioether (sulfide) groups is 1. The summed E-state index contributed by atoms with van der Waals surface area (Å²) in [5.74, 6) is 0.914. The van der Waals surface area contributed by atoms with Crippen LogP contribution in [0, 0.1) is 5.92 Å². The average molecular weight is 383 g/mol. The van der Waals surface area contributed by atoms with Crippen molar-refractivity contribution in [1.82, 2.24) is 5.32 Å². The van der Waals surface area contributed by atoms with Gasteiger partial charge in [0, 0.05) is 23.7 Å². The normalized spacial score (nSPS) is 17.4. The molecule has 0 aliphatic carbocycles. The second-order valence-corrected chi connectivity index (χ2v) is 8.98. The largest absolute Gasteiger partial charge is 0.372 e. The van der Waals surface area contributed by atoms with Crippen molar-refractivity contribution in [1.29, 1.82) is 0 Å². The van der Waals surface area contributed by atoms with E-state index < -0.39 is 0 Å². The minimum Gasteiger partial charge on any atom is -0.372 e. The molecule has 0 aromatic heterocycles. The maximum absolute atomic E-state index is 12.5. The molecule has 0 radical (unpaired) electrons. The fourth-order valence-electron chi connectivity index (χ4n) is 3.41. The molecule has 4 heteroatoms. The van der Waals surface area contributed by atoms with Gasteiger partial charge in [0.2, 0.25) is 5.91 Å². The summed E-state index contributed by atoms with van der Waals surface area (Å²) in [6.45, 7) is 8.62. The Morgan fingerprint density at radius 1 is 1.04 bits per heavy atom. The lowest BCUT2D eigenvalue weighted by Crippen LogP contribution is -2.33. The van der Waals surface area contributed by atoms with Gasteiger partial charge in [0.1, 0.15) is 0 Å². The number of hydrogen-bond donors (Lipinski definition) is 1. The molecule has 2 aromatic carbocycles. The lowest BCUT2D eigenvalue weighted by atomic mass is 9.98. The SMILES string of the molecule is CC1CCN(c2ccc([C@@H](C)NC(=O)[C@@H](C)Sc3ccccc3)cc2)CC1. The fraction of sp³-hybridized carbons (Fsp3) is 0.435. The molecule has 2 aromatic rings. The molecule has 2 atom stereocenters. The summed E-state index contributed by atoms with van der Waals surface area (Å²) in [7, 11) is 0. The first-order valence-electron chi connectivity index (χ1n) is 9.90. The zero-order valence-electron chi connectivity index (χ0n) is 16.5. The number of benzene rings is 2. The summed E-state index contributed by atoms with van der Waals surface area (Å²) >= 11 is 1.59. The van der Waals surface area contributed by atoms with Gasteiger partial charge in [-0.05, 0) is 62.4 Å². The van der Waals surface area contributed by atoms with Crippen molar-refractivity contribution in [3.63, 3.8) is 0 Å². The molecule has 1 aliphatic heterocycles. The molecule has 1 saturated heterocycles. The van der Waals surface area contributed by atoms with E-state index in [-0.39, 0.29) is 17.2 Å². The first-order valence-corrected chi connectivity index (χ1v) is 10.8. The second-order valence-electron chi connectivity index (χ2n) is 7.56. The van der Waals surface area contributed by atoms with E-state index in [2.05, 4.69) is 48.3 Å². The number of piperidine rings is 1. The van der Waals surface area contributed by atoms with Crippen molar-refractivity contribution in [3.8, 4) is 0 Å². The van der Waals surface area contributed by atoms with E-state index >= 15 is 0 Å². The number of rotatable bonds is 6. The molecule has 1 aliphatic rings. The van der Waals surface area contributed by atoms with E-state index in [9.17, 15) is 4.79 Å². The number of amides is 1. The number of carbonyl (C=O) groups excluding carboxylic acids is 1. The Hall–Kier alpha value is -1.94. The molecule has 0 spiro atoms. The van der Waals surface area contributed by atoms with Crippen LogP contribution in [0.3, 0.4) is 0 Å². The van der Waals surface area contributed by atoms with Crippen LogP contribution in [0.15, 0.2) is 59.5 Å². The van der Waals surface area contributed by atoms with Gasteiger partial charge >= 0.3 is 0 Å². The Balaban J connectivity index is 1.54. The van der Waals surface area contributed by atoms with Crippen molar-refractivity contribution >= 4 is 23.4 Å². The molecular weight excluding hydrogens is 352 g/mol. The van der Waals surface area contributed by atoms with Crippen molar-refractivity contribution in [2.45, 2.75) is 49.8 Å². The lowest BCUT2D eigenvalue weighted by molar-refractivity contribution is -0.120. The summed E-state index contributed by atoms with van der Waals surface area (Å²) < 4.78 is 0. The maximum atomic E-state index is 12.5. The van der Waals surface area contributed by atoms with Gasteiger partial charge in [-0.2, -0.15) is 0 Å². The van der Waals surface area contributed by atoms with E-state index in [4.69, 9.17) is 0 Å². The van der Waals surface area contributed by atoms with Gasteiger partial charge in [0.15, 0.2) is 0 Å². The van der Waals surface area contributed by atoms with Crippen molar-refractivity contribution in [3.05, 3.63) is 60.2 Å². The Morgan fingerprint density at radius 3 is 2.30 bits per heavy atom. The van der Waals surface area contributed by atoms with Gasteiger partial charge in [-0.15, -0.1) is 11.8 Å². The maximum Gasteiger partial charge on any atom is 0.233 e. The third-order valence-corrected chi connectivity index (χ3v) is 6.44. The van der Waals surface area contributed by atoms with Gasteiger partial charge in [-0.25, -0.2) is 0 Å². The number of carbonyl (C=O) groups is 1. The first kappa shape index (κ1) is 19.8. The topological polar surface area (TPSA) is 32.3 Å². The minimum atomic E-state index is -0.121. The predicted molar refractivity (Wildman–Crippen MR) is 115 cm³/mol. The first-order chi connectivity index (χ1) is 13.0. The Morgan fingerprint density at radius 2 is 1.67 bits per heavy atom. The Bertz CT molecular complexity index is 724. The molecule has 0 bridgehead atoms. The van der Waals surface area contributed by atoms with Gasteiger partial charge in [0.05, 0.1) is 11.3 Å². The number of anilines is 1. The minimum absolute atomic E-state index is 0.00625. The van der Waals surface area contributed by atoms with Crippen LogP contribution in [-0.4, -0.2) is 24.2 Å². The van der Waals surface area contributed by atoms with Crippen LogP contribution in [0.5, 0.6) is 0 Å². The average Bonchev–Trinajstić information content (AvgIpc) is 2.69. The van der Waals surface area contributed by atoms with Crippen molar-refractivity contribution in [2.24, 2.45) is 5.92 Å². The highest BCUT2D eigenvalue weighted by molar-refractivity contribution is 8.00. The highest BCUT2D eigenvalue weighted by Crippen LogP contribution is 2.26. The van der Waals surface area contributed by atoms with Crippen LogP contribution >= 0.6 is 11.8 Å². The highest BCUT2D eigenvalue weighted by Gasteiger charge is 2.19. The van der Waals surface area contributed by atoms with E-state index in [1.54, 1.807) is 11.8 Å². The third kappa shape index (κ3) is 5.52. The molecule has 1 fully saturated rings. The quantitative estimate of drug-likeness (QED) is 0.690. The molecule has 0 unspecified atom stereocenters. The Labute approximate surface area is 167 Å².